The maximum atomic E-state index is 12.8. The number of hydrogen-bond donors (Lipinski definition) is 1. The van der Waals surface area contributed by atoms with E-state index in [4.69, 9.17) is 24.1 Å². The van der Waals surface area contributed by atoms with E-state index in [1.54, 1.807) is 13.0 Å². The molecule has 0 bridgehead atoms. The van der Waals surface area contributed by atoms with Crippen LogP contribution in [0.2, 0.25) is 0 Å². The molecule has 48 heavy (non-hydrogen) atoms. The highest BCUT2D eigenvalue weighted by atomic mass is 16.5. The predicted molar refractivity (Wildman–Crippen MR) is 185 cm³/mol. The van der Waals surface area contributed by atoms with Crippen molar-refractivity contribution in [2.75, 3.05) is 26.9 Å². The molecular formula is C40H44O8. The number of benzene rings is 3. The van der Waals surface area contributed by atoms with Gasteiger partial charge in [-0.25, -0.2) is 14.4 Å². The molecule has 1 aliphatic carbocycles. The highest BCUT2D eigenvalue weighted by Gasteiger charge is 2.26. The van der Waals surface area contributed by atoms with Crippen molar-refractivity contribution >= 4 is 17.9 Å². The van der Waals surface area contributed by atoms with Crippen molar-refractivity contribution in [2.24, 2.45) is 0 Å². The fourth-order valence-electron chi connectivity index (χ4n) is 5.61. The summed E-state index contributed by atoms with van der Waals surface area (Å²) in [5, 5.41) is 9.13. The van der Waals surface area contributed by atoms with Crippen molar-refractivity contribution < 1.29 is 38.4 Å². The highest BCUT2D eigenvalue weighted by molar-refractivity contribution is 5.91. The van der Waals surface area contributed by atoms with Crippen LogP contribution in [0.15, 0.2) is 103 Å². The zero-order valence-electron chi connectivity index (χ0n) is 27.8. The summed E-state index contributed by atoms with van der Waals surface area (Å²) in [6.07, 6.45) is 4.54. The van der Waals surface area contributed by atoms with E-state index in [-0.39, 0.29) is 29.8 Å². The lowest BCUT2D eigenvalue weighted by Gasteiger charge is -2.28. The van der Waals surface area contributed by atoms with Crippen molar-refractivity contribution in [3.05, 3.63) is 114 Å². The number of carbonyl (C=O) groups is 3. The average Bonchev–Trinajstić information content (AvgIpc) is 3.10. The molecule has 8 nitrogen and oxygen atoms in total. The molecule has 8 heteroatoms. The van der Waals surface area contributed by atoms with Crippen LogP contribution in [0.3, 0.4) is 0 Å². The molecule has 0 atom stereocenters. The van der Waals surface area contributed by atoms with Gasteiger partial charge in [0.25, 0.3) is 0 Å². The van der Waals surface area contributed by atoms with Crippen molar-refractivity contribution in [3.63, 3.8) is 0 Å². The summed E-state index contributed by atoms with van der Waals surface area (Å²) in [5.74, 6) is -0.721. The molecular weight excluding hydrogens is 608 g/mol. The van der Waals surface area contributed by atoms with Crippen LogP contribution in [-0.2, 0) is 35.0 Å². The molecule has 1 aliphatic rings. The molecule has 4 rings (SSSR count). The number of rotatable bonds is 15. The van der Waals surface area contributed by atoms with E-state index < -0.39 is 18.5 Å². The zero-order valence-corrected chi connectivity index (χ0v) is 27.8. The quantitative estimate of drug-likeness (QED) is 0.0789. The van der Waals surface area contributed by atoms with Crippen molar-refractivity contribution in [1.29, 1.82) is 0 Å². The zero-order chi connectivity index (χ0) is 34.6. The topological polar surface area (TPSA) is 108 Å². The van der Waals surface area contributed by atoms with Crippen molar-refractivity contribution in [1.82, 2.24) is 0 Å². The highest BCUT2D eigenvalue weighted by Crippen LogP contribution is 2.38. The fourth-order valence-corrected chi connectivity index (χ4v) is 5.61. The minimum Gasteiger partial charge on any atom is -0.462 e. The molecule has 1 N–H and O–H groups in total. The summed E-state index contributed by atoms with van der Waals surface area (Å²) < 4.78 is 21.6. The van der Waals surface area contributed by atoms with Gasteiger partial charge in [0.15, 0.2) is 0 Å². The minimum atomic E-state index is -0.555. The van der Waals surface area contributed by atoms with Gasteiger partial charge in [-0.2, -0.15) is 0 Å². The Hall–Kier alpha value is -4.79. The summed E-state index contributed by atoms with van der Waals surface area (Å²) in [5.41, 5.74) is 6.62. The monoisotopic (exact) mass is 652 g/mol. The van der Waals surface area contributed by atoms with Crippen LogP contribution in [-0.4, -0.2) is 56.0 Å². The third-order valence-electron chi connectivity index (χ3n) is 8.39. The third kappa shape index (κ3) is 9.86. The number of hydrogen-bond acceptors (Lipinski definition) is 8. The van der Waals surface area contributed by atoms with Crippen LogP contribution >= 0.6 is 0 Å². The lowest BCUT2D eigenvalue weighted by molar-refractivity contribution is -0.146. The number of aliphatic hydroxyl groups is 1. The Morgan fingerprint density at radius 2 is 1.44 bits per heavy atom. The van der Waals surface area contributed by atoms with Gasteiger partial charge in [-0.15, -0.1) is 0 Å². The van der Waals surface area contributed by atoms with Gasteiger partial charge >= 0.3 is 17.9 Å². The van der Waals surface area contributed by atoms with E-state index in [1.807, 2.05) is 24.3 Å². The number of aliphatic hydroxyl groups excluding tert-OH is 1. The van der Waals surface area contributed by atoms with Crippen LogP contribution < -0.4 is 4.74 Å². The van der Waals surface area contributed by atoms with E-state index in [9.17, 15) is 14.4 Å². The van der Waals surface area contributed by atoms with Crippen molar-refractivity contribution in [2.45, 2.75) is 57.5 Å². The Morgan fingerprint density at radius 1 is 0.792 bits per heavy atom. The maximum absolute atomic E-state index is 12.8. The van der Waals surface area contributed by atoms with Gasteiger partial charge in [0.1, 0.15) is 11.9 Å². The van der Waals surface area contributed by atoms with Gasteiger partial charge in [-0.05, 0) is 91.3 Å². The van der Waals surface area contributed by atoms with E-state index in [1.165, 1.54) is 12.7 Å². The van der Waals surface area contributed by atoms with Gasteiger partial charge in [-0.1, -0.05) is 74.3 Å². The second kappa shape index (κ2) is 17.4. The smallest absolute Gasteiger partial charge is 0.341 e. The van der Waals surface area contributed by atoms with Crippen LogP contribution in [0.25, 0.3) is 22.3 Å². The first-order chi connectivity index (χ1) is 23.1. The number of carbonyl (C=O) groups excluding carboxylic acids is 3. The molecule has 252 valence electrons. The minimum absolute atomic E-state index is 0.0672. The Kier molecular flexibility index (Phi) is 13.1. The third-order valence-corrected chi connectivity index (χ3v) is 8.39. The first kappa shape index (κ1) is 36.1. The molecule has 0 unspecified atom stereocenters. The maximum Gasteiger partial charge on any atom is 0.341 e. The van der Waals surface area contributed by atoms with Crippen LogP contribution in [0.1, 0.15) is 56.1 Å². The first-order valence-electron chi connectivity index (χ1n) is 16.1. The molecule has 3 aromatic carbocycles. The van der Waals surface area contributed by atoms with Crippen LogP contribution in [0, 0.1) is 0 Å². The summed E-state index contributed by atoms with van der Waals surface area (Å²) in [4.78, 5) is 36.4. The van der Waals surface area contributed by atoms with Gasteiger partial charge in [0, 0.05) is 18.2 Å². The average molecular weight is 653 g/mol. The van der Waals surface area contributed by atoms with Crippen LogP contribution in [0.4, 0.5) is 0 Å². The molecule has 0 aromatic heterocycles. The molecule has 0 aliphatic heterocycles. The van der Waals surface area contributed by atoms with Crippen LogP contribution in [0.5, 0.6) is 5.75 Å². The second-order valence-electron chi connectivity index (χ2n) is 12.1. The lowest BCUT2D eigenvalue weighted by atomic mass is 9.82. The molecule has 0 heterocycles. The number of aryl methyl sites for hydroxylation is 1. The molecule has 0 saturated heterocycles. The molecule has 0 radical (unpaired) electrons. The Labute approximate surface area is 282 Å². The molecule has 1 fully saturated rings. The van der Waals surface area contributed by atoms with Gasteiger partial charge in [0.2, 0.25) is 0 Å². The number of ether oxygens (including phenoxy) is 4. The molecule has 1 saturated carbocycles. The summed E-state index contributed by atoms with van der Waals surface area (Å²) in [6.45, 7) is 12.6. The Morgan fingerprint density at radius 3 is 2.06 bits per heavy atom. The first-order valence-corrected chi connectivity index (χ1v) is 16.1. The Balaban J connectivity index is 1.50. The van der Waals surface area contributed by atoms with Gasteiger partial charge in [0.05, 0.1) is 31.0 Å². The molecule has 0 spiro atoms. The fraction of sp³-hybridized carbons (Fsp3) is 0.325. The number of methoxy groups -OCH3 is 1. The Bertz CT molecular complexity index is 1630. The standard InChI is InChI=1S/C40H44O8/c1-26(2)38(42)46-22-6-7-29-8-10-32(11-9-29)34-18-21-37(48-40(44)28(4)25-45-5)36(23-34)33-14-12-30(13-15-33)31-16-19-35(20-17-31)47-39(43)27(3)24-41/h8-15,18,21,23,31,35,41H,1,3-4,6-7,16-17,19-20,22,24-25H2,2,5H3. The summed E-state index contributed by atoms with van der Waals surface area (Å²) in [7, 11) is 1.50. The second-order valence-corrected chi connectivity index (χ2v) is 12.1. The normalized spacial score (nSPS) is 15.6. The van der Waals surface area contributed by atoms with E-state index in [0.29, 0.717) is 30.3 Å². The van der Waals surface area contributed by atoms with E-state index in [0.717, 1.165) is 59.9 Å². The SMILES string of the molecule is C=C(C)C(=O)OCCCc1ccc(-c2ccc(OC(=O)C(=C)COC)c(-c3ccc(C4CCC(OC(=O)C(=C)CO)CC4)cc3)c2)cc1. The summed E-state index contributed by atoms with van der Waals surface area (Å²) in [6, 6.07) is 22.2. The molecule has 0 amide bonds. The van der Waals surface area contributed by atoms with E-state index >= 15 is 0 Å². The summed E-state index contributed by atoms with van der Waals surface area (Å²) >= 11 is 0. The predicted octanol–water partition coefficient (Wildman–Crippen LogP) is 7.30. The van der Waals surface area contributed by atoms with Gasteiger partial charge in [-0.3, -0.25) is 0 Å². The number of esters is 3. The largest absolute Gasteiger partial charge is 0.462 e. The lowest BCUT2D eigenvalue weighted by Crippen LogP contribution is -2.25. The van der Waals surface area contributed by atoms with E-state index in [2.05, 4.69) is 56.1 Å². The van der Waals surface area contributed by atoms with Crippen molar-refractivity contribution in [3.8, 4) is 28.0 Å². The van der Waals surface area contributed by atoms with Gasteiger partial charge < -0.3 is 24.1 Å². The molecule has 3 aromatic rings.